The Kier molecular flexibility index (Phi) is 4.88. The van der Waals surface area contributed by atoms with Crippen molar-refractivity contribution in [3.63, 3.8) is 0 Å². The average molecular weight is 338 g/mol. The SMILES string of the molecule is CC(O)c1ccc2ccc(CSc3cccc(C(=O)O)c3)cc2c1. The molecule has 0 aliphatic heterocycles. The quantitative estimate of drug-likeness (QED) is 0.651. The zero-order valence-corrected chi connectivity index (χ0v) is 14.1. The van der Waals surface area contributed by atoms with Crippen LogP contribution in [0.3, 0.4) is 0 Å². The molecule has 122 valence electrons. The van der Waals surface area contributed by atoms with Gasteiger partial charge in [0.05, 0.1) is 11.7 Å². The van der Waals surface area contributed by atoms with Gasteiger partial charge < -0.3 is 10.2 Å². The second kappa shape index (κ2) is 7.07. The first kappa shape index (κ1) is 16.6. The highest BCUT2D eigenvalue weighted by molar-refractivity contribution is 7.98. The first-order valence-electron chi connectivity index (χ1n) is 7.70. The van der Waals surface area contributed by atoms with Gasteiger partial charge in [0.1, 0.15) is 0 Å². The van der Waals surface area contributed by atoms with Crippen molar-refractivity contribution in [3.8, 4) is 0 Å². The van der Waals surface area contributed by atoms with Crippen LogP contribution in [0.15, 0.2) is 65.6 Å². The number of hydrogen-bond donors (Lipinski definition) is 2. The molecule has 0 saturated carbocycles. The fourth-order valence-corrected chi connectivity index (χ4v) is 3.45. The summed E-state index contributed by atoms with van der Waals surface area (Å²) in [5.41, 5.74) is 2.37. The smallest absolute Gasteiger partial charge is 0.335 e. The van der Waals surface area contributed by atoms with Crippen LogP contribution in [0, 0.1) is 0 Å². The molecule has 4 heteroatoms. The third-order valence-electron chi connectivity index (χ3n) is 3.90. The van der Waals surface area contributed by atoms with E-state index < -0.39 is 12.1 Å². The molecule has 3 aromatic carbocycles. The van der Waals surface area contributed by atoms with E-state index in [0.717, 1.165) is 32.5 Å². The van der Waals surface area contributed by atoms with E-state index >= 15 is 0 Å². The number of rotatable bonds is 5. The minimum absolute atomic E-state index is 0.306. The number of thioether (sulfide) groups is 1. The molecule has 0 bridgehead atoms. The number of carbonyl (C=O) groups is 1. The molecular formula is C20H18O3S. The molecule has 3 nitrogen and oxygen atoms in total. The Morgan fingerprint density at radius 1 is 1.04 bits per heavy atom. The highest BCUT2D eigenvalue weighted by Crippen LogP contribution is 2.27. The molecule has 0 aromatic heterocycles. The summed E-state index contributed by atoms with van der Waals surface area (Å²) >= 11 is 1.61. The first-order valence-corrected chi connectivity index (χ1v) is 8.68. The van der Waals surface area contributed by atoms with Crippen molar-refractivity contribution in [1.82, 2.24) is 0 Å². The molecule has 1 unspecified atom stereocenters. The lowest BCUT2D eigenvalue weighted by Gasteiger charge is -2.08. The third kappa shape index (κ3) is 3.78. The molecule has 3 aromatic rings. The molecule has 0 amide bonds. The van der Waals surface area contributed by atoms with E-state index in [9.17, 15) is 9.90 Å². The summed E-state index contributed by atoms with van der Waals surface area (Å²) in [4.78, 5) is 12.0. The zero-order chi connectivity index (χ0) is 17.1. The number of carboxylic acids is 1. The Hall–Kier alpha value is -2.30. The number of benzene rings is 3. The lowest BCUT2D eigenvalue weighted by molar-refractivity contribution is 0.0696. The maximum atomic E-state index is 11.0. The Morgan fingerprint density at radius 3 is 2.58 bits per heavy atom. The summed E-state index contributed by atoms with van der Waals surface area (Å²) in [6.45, 7) is 1.76. The number of aromatic carboxylic acids is 1. The fourth-order valence-electron chi connectivity index (χ4n) is 2.55. The number of carboxylic acid groups (broad SMARTS) is 1. The predicted molar refractivity (Wildman–Crippen MR) is 97.5 cm³/mol. The standard InChI is InChI=1S/C20H18O3S/c1-13(21)16-8-7-15-6-5-14(9-18(15)10-16)12-24-19-4-2-3-17(11-19)20(22)23/h2-11,13,21H,12H2,1H3,(H,22,23). The highest BCUT2D eigenvalue weighted by Gasteiger charge is 2.05. The molecule has 0 heterocycles. The molecule has 0 fully saturated rings. The van der Waals surface area contributed by atoms with Gasteiger partial charge >= 0.3 is 5.97 Å². The summed E-state index contributed by atoms with van der Waals surface area (Å²) in [5, 5.41) is 21.0. The maximum Gasteiger partial charge on any atom is 0.335 e. The highest BCUT2D eigenvalue weighted by atomic mass is 32.2. The average Bonchev–Trinajstić information content (AvgIpc) is 2.59. The molecule has 24 heavy (non-hydrogen) atoms. The van der Waals surface area contributed by atoms with Crippen LogP contribution in [-0.2, 0) is 5.75 Å². The van der Waals surface area contributed by atoms with Crippen LogP contribution in [0.25, 0.3) is 10.8 Å². The molecule has 1 atom stereocenters. The summed E-state index contributed by atoms with van der Waals surface area (Å²) in [5.74, 6) is -0.147. The number of aliphatic hydroxyl groups is 1. The molecule has 0 aliphatic carbocycles. The number of aliphatic hydroxyl groups excluding tert-OH is 1. The molecular weight excluding hydrogens is 320 g/mol. The zero-order valence-electron chi connectivity index (χ0n) is 13.3. The molecule has 0 radical (unpaired) electrons. The van der Waals surface area contributed by atoms with Gasteiger partial charge in [-0.2, -0.15) is 0 Å². The van der Waals surface area contributed by atoms with E-state index in [1.165, 1.54) is 0 Å². The van der Waals surface area contributed by atoms with Gasteiger partial charge in [-0.1, -0.05) is 36.4 Å². The molecule has 0 spiro atoms. The minimum atomic E-state index is -0.909. The Bertz CT molecular complexity index is 887. The monoisotopic (exact) mass is 338 g/mol. The van der Waals surface area contributed by atoms with Gasteiger partial charge in [-0.25, -0.2) is 4.79 Å². The summed E-state index contributed by atoms with van der Waals surface area (Å²) in [6, 6.07) is 19.2. The molecule has 0 saturated heterocycles. The number of fused-ring (bicyclic) bond motifs is 1. The maximum absolute atomic E-state index is 11.0. The van der Waals surface area contributed by atoms with Crippen LogP contribution in [0.1, 0.15) is 34.5 Å². The van der Waals surface area contributed by atoms with Crippen LogP contribution >= 0.6 is 11.8 Å². The van der Waals surface area contributed by atoms with Gasteiger partial charge in [0.2, 0.25) is 0 Å². The Morgan fingerprint density at radius 2 is 1.83 bits per heavy atom. The van der Waals surface area contributed by atoms with Crippen LogP contribution in [0.4, 0.5) is 0 Å². The van der Waals surface area contributed by atoms with Crippen molar-refractivity contribution in [2.24, 2.45) is 0 Å². The molecule has 0 aliphatic rings. The van der Waals surface area contributed by atoms with E-state index in [4.69, 9.17) is 5.11 Å². The van der Waals surface area contributed by atoms with Crippen LogP contribution in [0.2, 0.25) is 0 Å². The number of hydrogen-bond acceptors (Lipinski definition) is 3. The first-order chi connectivity index (χ1) is 11.5. The van der Waals surface area contributed by atoms with Crippen molar-refractivity contribution in [2.45, 2.75) is 23.7 Å². The Labute approximate surface area is 145 Å². The van der Waals surface area contributed by atoms with E-state index in [2.05, 4.69) is 18.2 Å². The summed E-state index contributed by atoms with van der Waals surface area (Å²) in [7, 11) is 0. The van der Waals surface area contributed by atoms with Gasteiger partial charge in [-0.05, 0) is 53.1 Å². The largest absolute Gasteiger partial charge is 0.478 e. The lowest BCUT2D eigenvalue weighted by Crippen LogP contribution is -1.95. The normalized spacial score (nSPS) is 12.2. The van der Waals surface area contributed by atoms with Gasteiger partial charge in [0.15, 0.2) is 0 Å². The third-order valence-corrected chi connectivity index (χ3v) is 4.96. The van der Waals surface area contributed by atoms with Crippen LogP contribution in [-0.4, -0.2) is 16.2 Å². The lowest BCUT2D eigenvalue weighted by atomic mass is 10.0. The van der Waals surface area contributed by atoms with E-state index in [1.54, 1.807) is 36.9 Å². The van der Waals surface area contributed by atoms with E-state index in [-0.39, 0.29) is 0 Å². The molecule has 3 rings (SSSR count). The van der Waals surface area contributed by atoms with Crippen molar-refractivity contribution in [2.75, 3.05) is 0 Å². The van der Waals surface area contributed by atoms with E-state index in [1.807, 2.05) is 24.3 Å². The topological polar surface area (TPSA) is 57.5 Å². The fraction of sp³-hybridized carbons (Fsp3) is 0.150. The van der Waals surface area contributed by atoms with Crippen molar-refractivity contribution in [3.05, 3.63) is 77.4 Å². The van der Waals surface area contributed by atoms with Gasteiger partial charge in [-0.15, -0.1) is 11.8 Å². The van der Waals surface area contributed by atoms with Gasteiger partial charge in [0, 0.05) is 10.6 Å². The Balaban J connectivity index is 1.80. The summed E-state index contributed by atoms with van der Waals surface area (Å²) in [6.07, 6.45) is -0.480. The van der Waals surface area contributed by atoms with Gasteiger partial charge in [-0.3, -0.25) is 0 Å². The van der Waals surface area contributed by atoms with Gasteiger partial charge in [0.25, 0.3) is 0 Å². The summed E-state index contributed by atoms with van der Waals surface area (Å²) < 4.78 is 0. The van der Waals surface area contributed by atoms with E-state index in [0.29, 0.717) is 5.56 Å². The second-order valence-corrected chi connectivity index (χ2v) is 6.79. The van der Waals surface area contributed by atoms with Crippen molar-refractivity contribution >= 4 is 28.5 Å². The minimum Gasteiger partial charge on any atom is -0.478 e. The van der Waals surface area contributed by atoms with Crippen molar-refractivity contribution < 1.29 is 15.0 Å². The van der Waals surface area contributed by atoms with Crippen LogP contribution < -0.4 is 0 Å². The molecule has 2 N–H and O–H groups in total. The van der Waals surface area contributed by atoms with Crippen molar-refractivity contribution in [1.29, 1.82) is 0 Å². The van der Waals surface area contributed by atoms with Crippen LogP contribution in [0.5, 0.6) is 0 Å². The predicted octanol–water partition coefficient (Wildman–Crippen LogP) is 4.88. The second-order valence-electron chi connectivity index (χ2n) is 5.74.